The highest BCUT2D eigenvalue weighted by Crippen LogP contribution is 2.58. The Morgan fingerprint density at radius 3 is 2.62 bits per heavy atom. The molecule has 1 heterocycles. The number of hydrogen-bond donors (Lipinski definition) is 1. The van der Waals surface area contributed by atoms with Gasteiger partial charge in [0, 0.05) is 11.3 Å². The van der Waals surface area contributed by atoms with Gasteiger partial charge in [-0.3, -0.25) is 5.32 Å². The molecule has 74 valence electrons. The van der Waals surface area contributed by atoms with Crippen molar-refractivity contribution in [3.63, 3.8) is 0 Å². The molecule has 0 radical (unpaired) electrons. The third kappa shape index (κ3) is 1.18. The Balaban J connectivity index is 1.85. The van der Waals surface area contributed by atoms with Gasteiger partial charge in [-0.2, -0.15) is 0 Å². The van der Waals surface area contributed by atoms with Gasteiger partial charge in [0.15, 0.2) is 0 Å². The van der Waals surface area contributed by atoms with E-state index >= 15 is 0 Å². The van der Waals surface area contributed by atoms with E-state index in [-0.39, 0.29) is 0 Å². The van der Waals surface area contributed by atoms with Crippen molar-refractivity contribution in [3.8, 4) is 0 Å². The molecular formula is C11H19NS. The van der Waals surface area contributed by atoms with E-state index in [1.807, 2.05) is 0 Å². The van der Waals surface area contributed by atoms with Crippen LogP contribution in [0.2, 0.25) is 0 Å². The van der Waals surface area contributed by atoms with Crippen molar-refractivity contribution in [3.05, 3.63) is 0 Å². The van der Waals surface area contributed by atoms with E-state index in [1.54, 1.807) is 0 Å². The molecule has 1 nitrogen and oxygen atoms in total. The van der Waals surface area contributed by atoms with Gasteiger partial charge in [-0.1, -0.05) is 0 Å². The van der Waals surface area contributed by atoms with E-state index in [0.29, 0.717) is 10.4 Å². The maximum atomic E-state index is 3.90. The molecule has 2 heteroatoms. The Kier molecular flexibility index (Phi) is 1.63. The highest BCUT2D eigenvalue weighted by atomic mass is 32.2. The Bertz CT molecular complexity index is 238. The molecule has 13 heavy (non-hydrogen) atoms. The number of rotatable bonds is 0. The summed E-state index contributed by atoms with van der Waals surface area (Å²) in [7, 11) is 0. The Morgan fingerprint density at radius 2 is 2.15 bits per heavy atom. The summed E-state index contributed by atoms with van der Waals surface area (Å²) in [5, 5.41) is 3.90. The zero-order valence-corrected chi connectivity index (χ0v) is 9.41. The lowest BCUT2D eigenvalue weighted by atomic mass is 9.92. The van der Waals surface area contributed by atoms with Gasteiger partial charge in [0.2, 0.25) is 0 Å². The summed E-state index contributed by atoms with van der Waals surface area (Å²) in [6.45, 7) is 4.70. The van der Waals surface area contributed by atoms with Gasteiger partial charge in [0.05, 0.1) is 4.87 Å². The summed E-state index contributed by atoms with van der Waals surface area (Å²) in [5.41, 5.74) is 0.384. The van der Waals surface area contributed by atoms with Crippen LogP contribution in [-0.4, -0.2) is 16.2 Å². The maximum absolute atomic E-state index is 3.90. The van der Waals surface area contributed by atoms with Gasteiger partial charge >= 0.3 is 0 Å². The molecule has 0 aromatic carbocycles. The van der Waals surface area contributed by atoms with E-state index < -0.39 is 0 Å². The molecule has 2 bridgehead atoms. The van der Waals surface area contributed by atoms with Crippen LogP contribution >= 0.6 is 11.8 Å². The van der Waals surface area contributed by atoms with Gasteiger partial charge in [0.1, 0.15) is 0 Å². The first kappa shape index (κ1) is 8.60. The van der Waals surface area contributed by atoms with Crippen LogP contribution in [0.3, 0.4) is 0 Å². The highest BCUT2D eigenvalue weighted by Gasteiger charge is 2.56. The van der Waals surface area contributed by atoms with Crippen LogP contribution in [-0.2, 0) is 0 Å². The van der Waals surface area contributed by atoms with Crippen LogP contribution in [0.15, 0.2) is 0 Å². The van der Waals surface area contributed by atoms with Crippen LogP contribution in [0.25, 0.3) is 0 Å². The van der Waals surface area contributed by atoms with Crippen LogP contribution in [0, 0.1) is 11.8 Å². The number of hydrogen-bond acceptors (Lipinski definition) is 2. The average molecular weight is 197 g/mol. The normalized spacial score (nSPS) is 52.2. The zero-order valence-electron chi connectivity index (χ0n) is 8.60. The van der Waals surface area contributed by atoms with Crippen molar-refractivity contribution in [2.75, 3.05) is 5.75 Å². The van der Waals surface area contributed by atoms with E-state index in [1.165, 1.54) is 31.4 Å². The van der Waals surface area contributed by atoms with Gasteiger partial charge in [-0.15, -0.1) is 11.8 Å². The fourth-order valence-corrected chi connectivity index (χ4v) is 5.41. The SMILES string of the molecule is CC1(C)CSC2(CC3CCC2C3)N1. The molecule has 0 aromatic rings. The standard InChI is InChI=1S/C11H19NS/c1-10(2)7-13-11(12-10)6-8-3-4-9(11)5-8/h8-9,12H,3-7H2,1-2H3. The minimum absolute atomic E-state index is 0.384. The van der Waals surface area contributed by atoms with Crippen LogP contribution in [0.5, 0.6) is 0 Å². The lowest BCUT2D eigenvalue weighted by molar-refractivity contribution is 0.273. The van der Waals surface area contributed by atoms with Crippen LogP contribution < -0.4 is 5.32 Å². The Hall–Kier alpha value is 0.310. The molecule has 2 aliphatic carbocycles. The third-order valence-corrected chi connectivity index (χ3v) is 6.02. The second kappa shape index (κ2) is 2.46. The number of fused-ring (bicyclic) bond motifs is 3. The Morgan fingerprint density at radius 1 is 1.31 bits per heavy atom. The molecule has 0 aromatic heterocycles. The van der Waals surface area contributed by atoms with Gasteiger partial charge < -0.3 is 0 Å². The maximum Gasteiger partial charge on any atom is 0.0681 e. The van der Waals surface area contributed by atoms with Crippen molar-refractivity contribution in [1.82, 2.24) is 5.32 Å². The topological polar surface area (TPSA) is 12.0 Å². The summed E-state index contributed by atoms with van der Waals surface area (Å²) in [6, 6.07) is 0. The lowest BCUT2D eigenvalue weighted by Crippen LogP contribution is -2.50. The molecule has 3 unspecified atom stereocenters. The number of nitrogens with one attached hydrogen (secondary N) is 1. The van der Waals surface area contributed by atoms with E-state index in [4.69, 9.17) is 0 Å². The molecule has 1 spiro atoms. The molecule has 0 amide bonds. The minimum atomic E-state index is 0.384. The summed E-state index contributed by atoms with van der Waals surface area (Å²) in [4.78, 5) is 0.506. The monoisotopic (exact) mass is 197 g/mol. The van der Waals surface area contributed by atoms with Crippen molar-refractivity contribution in [1.29, 1.82) is 0 Å². The molecule has 3 rings (SSSR count). The van der Waals surface area contributed by atoms with Crippen molar-refractivity contribution < 1.29 is 0 Å². The first-order chi connectivity index (χ1) is 6.10. The van der Waals surface area contributed by atoms with Crippen molar-refractivity contribution >= 4 is 11.8 Å². The third-order valence-electron chi connectivity index (χ3n) is 4.03. The fourth-order valence-electron chi connectivity index (χ4n) is 3.56. The summed E-state index contributed by atoms with van der Waals surface area (Å²) in [6.07, 6.45) is 5.96. The smallest absolute Gasteiger partial charge is 0.0681 e. The Labute approximate surface area is 85.0 Å². The summed E-state index contributed by atoms with van der Waals surface area (Å²) in [5.74, 6) is 3.35. The van der Waals surface area contributed by atoms with Gasteiger partial charge in [0.25, 0.3) is 0 Å². The molecule has 3 aliphatic rings. The van der Waals surface area contributed by atoms with E-state index in [2.05, 4.69) is 30.9 Å². The lowest BCUT2D eigenvalue weighted by Gasteiger charge is -2.35. The molecular weight excluding hydrogens is 178 g/mol. The minimum Gasteiger partial charge on any atom is -0.297 e. The van der Waals surface area contributed by atoms with Gasteiger partial charge in [-0.05, 0) is 51.4 Å². The number of thioether (sulfide) groups is 1. The first-order valence-corrected chi connectivity index (χ1v) is 6.52. The predicted molar refractivity (Wildman–Crippen MR) is 57.9 cm³/mol. The highest BCUT2D eigenvalue weighted by molar-refractivity contribution is 8.01. The van der Waals surface area contributed by atoms with Gasteiger partial charge in [-0.25, -0.2) is 0 Å². The van der Waals surface area contributed by atoms with Crippen LogP contribution in [0.4, 0.5) is 0 Å². The quantitative estimate of drug-likeness (QED) is 0.640. The molecule has 3 fully saturated rings. The summed E-state index contributed by atoms with van der Waals surface area (Å²) < 4.78 is 0. The first-order valence-electron chi connectivity index (χ1n) is 5.53. The predicted octanol–water partition coefficient (Wildman–Crippen LogP) is 2.62. The molecule has 1 aliphatic heterocycles. The van der Waals surface area contributed by atoms with E-state index in [0.717, 1.165) is 11.8 Å². The molecule has 1 saturated heterocycles. The second-order valence-corrected chi connectivity index (χ2v) is 7.07. The molecule has 1 N–H and O–H groups in total. The van der Waals surface area contributed by atoms with E-state index in [9.17, 15) is 0 Å². The molecule has 2 saturated carbocycles. The fraction of sp³-hybridized carbons (Fsp3) is 1.00. The average Bonchev–Trinajstić information content (AvgIpc) is 2.65. The largest absolute Gasteiger partial charge is 0.297 e. The van der Waals surface area contributed by atoms with Crippen molar-refractivity contribution in [2.45, 2.75) is 49.9 Å². The van der Waals surface area contributed by atoms with Crippen molar-refractivity contribution in [2.24, 2.45) is 11.8 Å². The van der Waals surface area contributed by atoms with Crippen LogP contribution in [0.1, 0.15) is 39.5 Å². The molecule has 3 atom stereocenters. The summed E-state index contributed by atoms with van der Waals surface area (Å²) >= 11 is 2.21. The zero-order chi connectivity index (χ0) is 9.10. The second-order valence-electron chi connectivity index (χ2n) is 5.77.